The molecule has 2 fully saturated rings. The van der Waals surface area contributed by atoms with Crippen molar-refractivity contribution in [3.63, 3.8) is 0 Å². The topological polar surface area (TPSA) is 55.6 Å². The molecule has 2 rings (SSSR count). The second kappa shape index (κ2) is 6.71. The summed E-state index contributed by atoms with van der Waals surface area (Å²) < 4.78 is 5.64. The van der Waals surface area contributed by atoms with Crippen molar-refractivity contribution < 1.29 is 9.53 Å². The molecule has 19 heavy (non-hydrogen) atoms. The molecule has 2 aliphatic rings. The fourth-order valence-electron chi connectivity index (χ4n) is 3.42. The number of carbonyl (C=O) groups is 1. The Labute approximate surface area is 116 Å². The van der Waals surface area contributed by atoms with E-state index in [4.69, 9.17) is 10.5 Å². The number of carbonyl (C=O) groups excluding carboxylic acids is 1. The summed E-state index contributed by atoms with van der Waals surface area (Å²) in [6, 6.07) is 0. The van der Waals surface area contributed by atoms with Crippen molar-refractivity contribution in [3.8, 4) is 0 Å². The first-order chi connectivity index (χ1) is 9.18. The summed E-state index contributed by atoms with van der Waals surface area (Å²) in [5.41, 5.74) is 5.72. The van der Waals surface area contributed by atoms with E-state index < -0.39 is 0 Å². The average molecular weight is 268 g/mol. The molecule has 0 spiro atoms. The zero-order valence-corrected chi connectivity index (χ0v) is 12.2. The van der Waals surface area contributed by atoms with E-state index in [9.17, 15) is 4.79 Å². The Hall–Kier alpha value is -0.610. The van der Waals surface area contributed by atoms with E-state index in [0.29, 0.717) is 6.54 Å². The summed E-state index contributed by atoms with van der Waals surface area (Å²) in [5, 5.41) is 0. The van der Waals surface area contributed by atoms with Crippen molar-refractivity contribution in [1.29, 1.82) is 0 Å². The quantitative estimate of drug-likeness (QED) is 0.779. The van der Waals surface area contributed by atoms with Gasteiger partial charge in [-0.25, -0.2) is 0 Å². The number of hydrogen-bond donors (Lipinski definition) is 1. The first-order valence-corrected chi connectivity index (χ1v) is 7.79. The van der Waals surface area contributed by atoms with Crippen LogP contribution >= 0.6 is 0 Å². The average Bonchev–Trinajstić information content (AvgIpc) is 2.78. The molecule has 0 bridgehead atoms. The van der Waals surface area contributed by atoms with Crippen LogP contribution in [0.15, 0.2) is 0 Å². The van der Waals surface area contributed by atoms with Gasteiger partial charge in [-0.15, -0.1) is 0 Å². The number of nitrogens with zero attached hydrogens (tertiary/aromatic N) is 1. The lowest BCUT2D eigenvalue weighted by molar-refractivity contribution is -0.143. The maximum absolute atomic E-state index is 12.9. The van der Waals surface area contributed by atoms with Crippen LogP contribution in [0.1, 0.15) is 51.9 Å². The van der Waals surface area contributed by atoms with Gasteiger partial charge in [0, 0.05) is 26.2 Å². The SMILES string of the molecule is CC1CN(C(=O)C2(CN)CCCCCC2)CCCO1. The predicted octanol–water partition coefficient (Wildman–Crippen LogP) is 1.92. The zero-order chi connectivity index (χ0) is 13.7. The van der Waals surface area contributed by atoms with E-state index in [1.807, 2.05) is 11.8 Å². The molecule has 110 valence electrons. The second-order valence-electron chi connectivity index (χ2n) is 6.18. The highest BCUT2D eigenvalue weighted by Gasteiger charge is 2.40. The minimum absolute atomic E-state index is 0.145. The lowest BCUT2D eigenvalue weighted by Crippen LogP contribution is -2.49. The standard InChI is InChI=1S/C15H28N2O2/c1-13-11-17(9-6-10-19-13)14(18)15(12-16)7-4-2-3-5-8-15/h13H,2-12,16H2,1H3. The van der Waals surface area contributed by atoms with Crippen LogP contribution in [0.2, 0.25) is 0 Å². The van der Waals surface area contributed by atoms with Crippen molar-refractivity contribution in [3.05, 3.63) is 0 Å². The van der Waals surface area contributed by atoms with E-state index in [1.165, 1.54) is 12.8 Å². The summed E-state index contributed by atoms with van der Waals surface area (Å²) in [4.78, 5) is 15.0. The molecule has 1 heterocycles. The van der Waals surface area contributed by atoms with Crippen molar-refractivity contribution in [2.45, 2.75) is 58.0 Å². The number of hydrogen-bond acceptors (Lipinski definition) is 3. The summed E-state index contributed by atoms with van der Waals surface area (Å²) in [7, 11) is 0. The Morgan fingerprint density at radius 1 is 1.26 bits per heavy atom. The first kappa shape index (κ1) is 14.8. The molecule has 0 aromatic carbocycles. The molecule has 0 aromatic rings. The summed E-state index contributed by atoms with van der Waals surface area (Å²) in [6.07, 6.45) is 7.79. The lowest BCUT2D eigenvalue weighted by atomic mass is 9.79. The van der Waals surface area contributed by atoms with Gasteiger partial charge < -0.3 is 15.4 Å². The molecular weight excluding hydrogens is 240 g/mol. The smallest absolute Gasteiger partial charge is 0.230 e. The van der Waals surface area contributed by atoms with Crippen molar-refractivity contribution in [1.82, 2.24) is 4.90 Å². The molecule has 0 radical (unpaired) electrons. The first-order valence-electron chi connectivity index (χ1n) is 7.79. The highest BCUT2D eigenvalue weighted by molar-refractivity contribution is 5.83. The maximum Gasteiger partial charge on any atom is 0.230 e. The number of nitrogens with two attached hydrogens (primary N) is 1. The molecule has 1 unspecified atom stereocenters. The van der Waals surface area contributed by atoms with Gasteiger partial charge in [-0.05, 0) is 26.2 Å². The molecular formula is C15H28N2O2. The maximum atomic E-state index is 12.9. The van der Waals surface area contributed by atoms with Crippen LogP contribution in [0.25, 0.3) is 0 Å². The van der Waals surface area contributed by atoms with Crippen LogP contribution < -0.4 is 5.73 Å². The van der Waals surface area contributed by atoms with Crippen LogP contribution in [0.4, 0.5) is 0 Å². The third-order valence-corrected chi connectivity index (χ3v) is 4.64. The molecule has 1 amide bonds. The Bertz CT molecular complexity index is 299. The molecule has 1 saturated carbocycles. The molecule has 1 atom stereocenters. The van der Waals surface area contributed by atoms with E-state index in [-0.39, 0.29) is 17.4 Å². The molecule has 4 heteroatoms. The van der Waals surface area contributed by atoms with E-state index in [1.54, 1.807) is 0 Å². The van der Waals surface area contributed by atoms with Crippen LogP contribution in [0.3, 0.4) is 0 Å². The van der Waals surface area contributed by atoms with Gasteiger partial charge in [0.25, 0.3) is 0 Å². The fraction of sp³-hybridized carbons (Fsp3) is 0.933. The van der Waals surface area contributed by atoms with Gasteiger partial charge in [-0.1, -0.05) is 25.7 Å². The lowest BCUT2D eigenvalue weighted by Gasteiger charge is -2.36. The third-order valence-electron chi connectivity index (χ3n) is 4.64. The summed E-state index contributed by atoms with van der Waals surface area (Å²) in [5.74, 6) is 0.286. The van der Waals surface area contributed by atoms with Crippen molar-refractivity contribution in [2.24, 2.45) is 11.1 Å². The van der Waals surface area contributed by atoms with Gasteiger partial charge >= 0.3 is 0 Å². The van der Waals surface area contributed by atoms with Crippen molar-refractivity contribution in [2.75, 3.05) is 26.2 Å². The van der Waals surface area contributed by atoms with Crippen LogP contribution in [-0.2, 0) is 9.53 Å². The van der Waals surface area contributed by atoms with Gasteiger partial charge in [0.05, 0.1) is 11.5 Å². The van der Waals surface area contributed by atoms with Crippen LogP contribution in [0, 0.1) is 5.41 Å². The Morgan fingerprint density at radius 3 is 2.58 bits per heavy atom. The normalized spacial score (nSPS) is 28.5. The Kier molecular flexibility index (Phi) is 5.22. The highest BCUT2D eigenvalue weighted by Crippen LogP contribution is 2.36. The van der Waals surface area contributed by atoms with Gasteiger partial charge in [-0.2, -0.15) is 0 Å². The molecule has 1 aliphatic heterocycles. The number of ether oxygens (including phenoxy) is 1. The largest absolute Gasteiger partial charge is 0.377 e. The molecule has 1 aliphatic carbocycles. The Balaban J connectivity index is 2.09. The van der Waals surface area contributed by atoms with Gasteiger partial charge in [0.2, 0.25) is 5.91 Å². The number of amides is 1. The molecule has 4 nitrogen and oxygen atoms in total. The van der Waals surface area contributed by atoms with Crippen LogP contribution in [-0.4, -0.2) is 43.2 Å². The van der Waals surface area contributed by atoms with Gasteiger partial charge in [0.1, 0.15) is 0 Å². The molecule has 2 N–H and O–H groups in total. The minimum Gasteiger partial charge on any atom is -0.377 e. The Morgan fingerprint density at radius 2 is 1.95 bits per heavy atom. The molecule has 0 aromatic heterocycles. The summed E-state index contributed by atoms with van der Waals surface area (Å²) >= 11 is 0. The van der Waals surface area contributed by atoms with Gasteiger partial charge in [-0.3, -0.25) is 4.79 Å². The van der Waals surface area contributed by atoms with E-state index >= 15 is 0 Å². The van der Waals surface area contributed by atoms with E-state index in [0.717, 1.165) is 51.8 Å². The monoisotopic (exact) mass is 268 g/mol. The zero-order valence-electron chi connectivity index (χ0n) is 12.2. The second-order valence-corrected chi connectivity index (χ2v) is 6.18. The fourth-order valence-corrected chi connectivity index (χ4v) is 3.42. The number of rotatable bonds is 2. The predicted molar refractivity (Wildman–Crippen MR) is 75.8 cm³/mol. The van der Waals surface area contributed by atoms with Gasteiger partial charge in [0.15, 0.2) is 0 Å². The van der Waals surface area contributed by atoms with Crippen LogP contribution in [0.5, 0.6) is 0 Å². The highest BCUT2D eigenvalue weighted by atomic mass is 16.5. The third kappa shape index (κ3) is 3.48. The summed E-state index contributed by atoms with van der Waals surface area (Å²) in [6.45, 7) is 4.86. The van der Waals surface area contributed by atoms with E-state index in [2.05, 4.69) is 0 Å². The van der Waals surface area contributed by atoms with Crippen molar-refractivity contribution >= 4 is 5.91 Å². The minimum atomic E-state index is -0.291. The molecule has 1 saturated heterocycles.